The summed E-state index contributed by atoms with van der Waals surface area (Å²) in [5.41, 5.74) is 1.98. The first-order valence-corrected chi connectivity index (χ1v) is 10.7. The molecule has 1 aliphatic heterocycles. The third kappa shape index (κ3) is 4.54. The van der Waals surface area contributed by atoms with Gasteiger partial charge in [-0.05, 0) is 42.0 Å². The van der Waals surface area contributed by atoms with Crippen molar-refractivity contribution >= 4 is 29.3 Å². The summed E-state index contributed by atoms with van der Waals surface area (Å²) in [5, 5.41) is 2.74. The average Bonchev–Trinajstić information content (AvgIpc) is 3.44. The van der Waals surface area contributed by atoms with E-state index in [4.69, 9.17) is 13.9 Å². The van der Waals surface area contributed by atoms with Crippen molar-refractivity contribution in [3.8, 4) is 11.5 Å². The van der Waals surface area contributed by atoms with Crippen molar-refractivity contribution in [2.75, 3.05) is 25.3 Å². The molecule has 31 heavy (non-hydrogen) atoms. The predicted octanol–water partition coefficient (Wildman–Crippen LogP) is 4.32. The molecule has 3 aromatic rings. The van der Waals surface area contributed by atoms with Crippen LogP contribution >= 0.6 is 11.8 Å². The smallest absolute Gasteiger partial charge is 0.255 e. The first-order valence-electron chi connectivity index (χ1n) is 9.66. The quantitative estimate of drug-likeness (QED) is 0.592. The Kier molecular flexibility index (Phi) is 6.18. The number of anilines is 1. The number of ether oxygens (including phenoxy) is 2. The van der Waals surface area contributed by atoms with Gasteiger partial charge < -0.3 is 24.1 Å². The number of rotatable bonds is 7. The van der Waals surface area contributed by atoms with Gasteiger partial charge in [0.1, 0.15) is 22.6 Å². The zero-order valence-electron chi connectivity index (χ0n) is 17.2. The highest BCUT2D eigenvalue weighted by atomic mass is 32.2. The van der Waals surface area contributed by atoms with Gasteiger partial charge in [0.05, 0.1) is 38.5 Å². The topological polar surface area (TPSA) is 81.0 Å². The van der Waals surface area contributed by atoms with Gasteiger partial charge in [0, 0.05) is 11.6 Å². The zero-order chi connectivity index (χ0) is 21.8. The fourth-order valence-electron chi connectivity index (χ4n) is 3.38. The lowest BCUT2D eigenvalue weighted by Gasteiger charge is -2.23. The predicted molar refractivity (Wildman–Crippen MR) is 118 cm³/mol. The van der Waals surface area contributed by atoms with E-state index in [1.807, 2.05) is 24.3 Å². The molecule has 0 aliphatic carbocycles. The van der Waals surface area contributed by atoms with E-state index in [1.165, 1.54) is 0 Å². The number of benzene rings is 2. The average molecular weight is 439 g/mol. The highest BCUT2D eigenvalue weighted by Gasteiger charge is 2.33. The first kappa shape index (κ1) is 20.9. The summed E-state index contributed by atoms with van der Waals surface area (Å²) in [5.74, 6) is 2.12. The molecule has 160 valence electrons. The van der Waals surface area contributed by atoms with Gasteiger partial charge in [-0.15, -0.1) is 11.8 Å². The van der Waals surface area contributed by atoms with E-state index in [2.05, 4.69) is 5.32 Å². The molecule has 2 heterocycles. The third-order valence-corrected chi connectivity index (χ3v) is 6.24. The number of carbonyl (C=O) groups is 2. The zero-order valence-corrected chi connectivity index (χ0v) is 18.0. The van der Waals surface area contributed by atoms with Crippen molar-refractivity contribution in [1.82, 2.24) is 4.90 Å². The van der Waals surface area contributed by atoms with Gasteiger partial charge >= 0.3 is 0 Å². The number of hydrogen-bond donors (Lipinski definition) is 1. The van der Waals surface area contributed by atoms with Crippen LogP contribution < -0.4 is 14.8 Å². The molecule has 0 unspecified atom stereocenters. The molecule has 1 atom stereocenters. The Morgan fingerprint density at radius 2 is 1.97 bits per heavy atom. The number of carbonyl (C=O) groups excluding carboxylic acids is 2. The third-order valence-electron chi connectivity index (χ3n) is 4.99. The minimum atomic E-state index is -0.263. The van der Waals surface area contributed by atoms with Gasteiger partial charge in [0.2, 0.25) is 5.91 Å². The number of nitrogens with zero attached hydrogens (tertiary/aromatic N) is 1. The van der Waals surface area contributed by atoms with Gasteiger partial charge in [0.25, 0.3) is 5.91 Å². The van der Waals surface area contributed by atoms with Crippen molar-refractivity contribution in [3.05, 3.63) is 77.7 Å². The molecule has 1 saturated heterocycles. The van der Waals surface area contributed by atoms with Crippen LogP contribution in [-0.2, 0) is 11.3 Å². The van der Waals surface area contributed by atoms with Crippen molar-refractivity contribution in [2.45, 2.75) is 11.9 Å². The first-order chi connectivity index (χ1) is 15.1. The van der Waals surface area contributed by atoms with Gasteiger partial charge in [-0.2, -0.15) is 0 Å². The van der Waals surface area contributed by atoms with Crippen LogP contribution in [0.25, 0.3) is 0 Å². The number of furan rings is 1. The number of amides is 2. The minimum absolute atomic E-state index is 0.0679. The minimum Gasteiger partial charge on any atom is -0.497 e. The Morgan fingerprint density at radius 3 is 2.65 bits per heavy atom. The Labute approximate surface area is 184 Å². The standard InChI is InChI=1S/C23H22N2O5S/c1-28-17-9-10-20(29-2)19(12-17)24-22(27)15-5-7-16(8-6-15)23-25(21(26)14-31-23)13-18-4-3-11-30-18/h3-12,23H,13-14H2,1-2H3,(H,24,27)/t23-/m1/s1. The van der Waals surface area contributed by atoms with E-state index in [1.54, 1.807) is 67.5 Å². The van der Waals surface area contributed by atoms with E-state index < -0.39 is 0 Å². The van der Waals surface area contributed by atoms with Gasteiger partial charge in [-0.3, -0.25) is 9.59 Å². The number of hydrogen-bond acceptors (Lipinski definition) is 6. The molecule has 0 saturated carbocycles. The summed E-state index contributed by atoms with van der Waals surface area (Å²) < 4.78 is 15.9. The SMILES string of the molecule is COc1ccc(OC)c(NC(=O)c2ccc([C@H]3SCC(=O)N3Cc3ccco3)cc2)c1. The molecule has 0 radical (unpaired) electrons. The van der Waals surface area contributed by atoms with Crippen LogP contribution in [0.4, 0.5) is 5.69 Å². The van der Waals surface area contributed by atoms with E-state index in [-0.39, 0.29) is 17.2 Å². The second-order valence-electron chi connectivity index (χ2n) is 6.91. The Bertz CT molecular complexity index is 1070. The number of nitrogens with one attached hydrogen (secondary N) is 1. The van der Waals surface area contributed by atoms with Crippen molar-refractivity contribution in [1.29, 1.82) is 0 Å². The molecule has 8 heteroatoms. The van der Waals surface area contributed by atoms with Crippen molar-refractivity contribution in [2.24, 2.45) is 0 Å². The Morgan fingerprint density at radius 1 is 1.16 bits per heavy atom. The maximum Gasteiger partial charge on any atom is 0.255 e. The maximum absolute atomic E-state index is 12.8. The van der Waals surface area contributed by atoms with Crippen LogP contribution in [-0.4, -0.2) is 36.7 Å². The van der Waals surface area contributed by atoms with Crippen LogP contribution in [0.5, 0.6) is 11.5 Å². The summed E-state index contributed by atoms with van der Waals surface area (Å²) in [6, 6.07) is 16.1. The lowest BCUT2D eigenvalue weighted by Crippen LogP contribution is -2.27. The van der Waals surface area contributed by atoms with E-state index in [9.17, 15) is 9.59 Å². The molecule has 1 fully saturated rings. The van der Waals surface area contributed by atoms with E-state index >= 15 is 0 Å². The van der Waals surface area contributed by atoms with Crippen LogP contribution in [0.15, 0.2) is 65.3 Å². The second-order valence-corrected chi connectivity index (χ2v) is 7.98. The molecule has 7 nitrogen and oxygen atoms in total. The summed E-state index contributed by atoms with van der Waals surface area (Å²) >= 11 is 1.56. The largest absolute Gasteiger partial charge is 0.497 e. The van der Waals surface area contributed by atoms with Gasteiger partial charge in [-0.1, -0.05) is 12.1 Å². The number of methoxy groups -OCH3 is 2. The van der Waals surface area contributed by atoms with Gasteiger partial charge in [-0.25, -0.2) is 0 Å². The summed E-state index contributed by atoms with van der Waals surface area (Å²) in [6.45, 7) is 0.418. The van der Waals surface area contributed by atoms with Gasteiger partial charge in [0.15, 0.2) is 0 Å². The lowest BCUT2D eigenvalue weighted by atomic mass is 10.1. The molecule has 1 aromatic heterocycles. The van der Waals surface area contributed by atoms with Crippen LogP contribution in [0, 0.1) is 0 Å². The molecule has 0 spiro atoms. The fraction of sp³-hybridized carbons (Fsp3) is 0.217. The summed E-state index contributed by atoms with van der Waals surface area (Å²) in [7, 11) is 3.11. The monoisotopic (exact) mass is 438 g/mol. The molecule has 1 N–H and O–H groups in total. The summed E-state index contributed by atoms with van der Waals surface area (Å²) in [4.78, 5) is 26.9. The highest BCUT2D eigenvalue weighted by molar-refractivity contribution is 8.00. The van der Waals surface area contributed by atoms with E-state index in [0.29, 0.717) is 35.0 Å². The van der Waals surface area contributed by atoms with Crippen LogP contribution in [0.3, 0.4) is 0 Å². The van der Waals surface area contributed by atoms with Crippen LogP contribution in [0.1, 0.15) is 27.1 Å². The molecular weight excluding hydrogens is 416 g/mol. The molecular formula is C23H22N2O5S. The molecule has 4 rings (SSSR count). The fourth-order valence-corrected chi connectivity index (χ4v) is 4.56. The Balaban J connectivity index is 1.49. The van der Waals surface area contributed by atoms with Crippen molar-refractivity contribution < 1.29 is 23.5 Å². The molecule has 2 amide bonds. The maximum atomic E-state index is 12.8. The van der Waals surface area contributed by atoms with Crippen LogP contribution in [0.2, 0.25) is 0 Å². The normalized spacial score (nSPS) is 15.7. The second kappa shape index (κ2) is 9.18. The highest BCUT2D eigenvalue weighted by Crippen LogP contribution is 2.39. The molecule has 2 aromatic carbocycles. The van der Waals surface area contributed by atoms with E-state index in [0.717, 1.165) is 11.3 Å². The molecule has 1 aliphatic rings. The Hall–Kier alpha value is -3.39. The summed E-state index contributed by atoms with van der Waals surface area (Å²) in [6.07, 6.45) is 1.60. The lowest BCUT2D eigenvalue weighted by molar-refractivity contribution is -0.128. The number of thioether (sulfide) groups is 1. The molecule has 0 bridgehead atoms. The van der Waals surface area contributed by atoms with Crippen molar-refractivity contribution in [3.63, 3.8) is 0 Å².